The fourth-order valence-electron chi connectivity index (χ4n) is 3.49. The number of nitrogens with zero attached hydrogens (tertiary/aromatic N) is 3. The second-order valence-electron chi connectivity index (χ2n) is 6.72. The largest absolute Gasteiger partial charge is 0.217 e. The van der Waals surface area contributed by atoms with Crippen LogP contribution in [0.4, 0.5) is 0 Å². The molecule has 0 N–H and O–H groups in total. The Balaban J connectivity index is 1.55. The molecule has 29 heavy (non-hydrogen) atoms. The molecule has 0 aliphatic carbocycles. The molecule has 138 valence electrons. The minimum absolute atomic E-state index is 0.669. The lowest BCUT2D eigenvalue weighted by atomic mass is 9.97. The Labute approximate surface area is 177 Å². The topological polar surface area (TPSA) is 38.7 Å². The van der Waals surface area contributed by atoms with Gasteiger partial charge in [-0.05, 0) is 22.4 Å². The SMILES string of the molecule is Brc1ccc2ccccc2c1-c1ccc(-c2ncnc(-c3ccccc3)n2)cc1. The molecule has 0 radical (unpaired) electrons. The van der Waals surface area contributed by atoms with Crippen molar-refractivity contribution in [3.8, 4) is 33.9 Å². The van der Waals surface area contributed by atoms with Gasteiger partial charge in [0, 0.05) is 21.2 Å². The zero-order chi connectivity index (χ0) is 19.6. The molecular weight excluding hydrogens is 422 g/mol. The Morgan fingerprint density at radius 1 is 0.552 bits per heavy atom. The third-order valence-corrected chi connectivity index (χ3v) is 5.57. The van der Waals surface area contributed by atoms with Gasteiger partial charge < -0.3 is 0 Å². The molecule has 5 rings (SSSR count). The van der Waals surface area contributed by atoms with Crippen molar-refractivity contribution in [1.29, 1.82) is 0 Å². The maximum Gasteiger partial charge on any atom is 0.163 e. The highest BCUT2D eigenvalue weighted by atomic mass is 79.9. The van der Waals surface area contributed by atoms with Crippen molar-refractivity contribution in [3.05, 3.63) is 102 Å². The summed E-state index contributed by atoms with van der Waals surface area (Å²) in [5.74, 6) is 1.35. The van der Waals surface area contributed by atoms with Crippen LogP contribution in [0.15, 0.2) is 102 Å². The van der Waals surface area contributed by atoms with Crippen molar-refractivity contribution in [2.45, 2.75) is 0 Å². The first kappa shape index (κ1) is 17.7. The summed E-state index contributed by atoms with van der Waals surface area (Å²) in [5.41, 5.74) is 4.28. The molecule has 1 heterocycles. The van der Waals surface area contributed by atoms with Crippen LogP contribution in [0, 0.1) is 0 Å². The zero-order valence-corrected chi connectivity index (χ0v) is 17.0. The van der Waals surface area contributed by atoms with E-state index in [1.54, 1.807) is 6.33 Å². The summed E-state index contributed by atoms with van der Waals surface area (Å²) in [5, 5.41) is 2.45. The smallest absolute Gasteiger partial charge is 0.163 e. The molecule has 0 atom stereocenters. The number of benzene rings is 4. The Kier molecular flexibility index (Phi) is 4.62. The fraction of sp³-hybridized carbons (Fsp3) is 0. The Morgan fingerprint density at radius 2 is 1.17 bits per heavy atom. The summed E-state index contributed by atoms with van der Waals surface area (Å²) < 4.78 is 1.08. The Hall–Kier alpha value is -3.37. The minimum atomic E-state index is 0.669. The van der Waals surface area contributed by atoms with Gasteiger partial charge in [-0.2, -0.15) is 0 Å². The van der Waals surface area contributed by atoms with Gasteiger partial charge in [-0.15, -0.1) is 0 Å². The van der Waals surface area contributed by atoms with Crippen LogP contribution >= 0.6 is 15.9 Å². The lowest BCUT2D eigenvalue weighted by Gasteiger charge is -2.10. The van der Waals surface area contributed by atoms with Gasteiger partial charge >= 0.3 is 0 Å². The standard InChI is InChI=1S/C25H16BrN3/c26-22-15-14-17-6-4-5-9-21(17)23(22)18-10-12-20(13-11-18)25-28-16-27-24(29-25)19-7-2-1-3-8-19/h1-16H. The Morgan fingerprint density at radius 3 is 1.93 bits per heavy atom. The molecule has 0 spiro atoms. The van der Waals surface area contributed by atoms with Gasteiger partial charge in [0.2, 0.25) is 0 Å². The van der Waals surface area contributed by atoms with E-state index in [9.17, 15) is 0 Å². The van der Waals surface area contributed by atoms with Crippen LogP contribution in [0.2, 0.25) is 0 Å². The van der Waals surface area contributed by atoms with Crippen molar-refractivity contribution in [1.82, 2.24) is 15.0 Å². The maximum absolute atomic E-state index is 4.65. The van der Waals surface area contributed by atoms with Crippen LogP contribution in [-0.4, -0.2) is 15.0 Å². The van der Waals surface area contributed by atoms with E-state index in [-0.39, 0.29) is 0 Å². The first-order valence-corrected chi connectivity index (χ1v) is 10.1. The molecule has 0 saturated heterocycles. The number of aromatic nitrogens is 3. The van der Waals surface area contributed by atoms with Crippen LogP contribution in [0.1, 0.15) is 0 Å². The molecule has 0 fully saturated rings. The van der Waals surface area contributed by atoms with Gasteiger partial charge in [0.05, 0.1) is 0 Å². The molecule has 5 aromatic rings. The predicted molar refractivity (Wildman–Crippen MR) is 121 cm³/mol. The van der Waals surface area contributed by atoms with Gasteiger partial charge in [0.1, 0.15) is 6.33 Å². The third-order valence-electron chi connectivity index (χ3n) is 4.91. The van der Waals surface area contributed by atoms with Crippen molar-refractivity contribution < 1.29 is 0 Å². The van der Waals surface area contributed by atoms with Crippen LogP contribution in [0.3, 0.4) is 0 Å². The van der Waals surface area contributed by atoms with Gasteiger partial charge in [-0.3, -0.25) is 0 Å². The van der Waals surface area contributed by atoms with E-state index in [0.717, 1.165) is 21.2 Å². The summed E-state index contributed by atoms with van der Waals surface area (Å²) >= 11 is 3.72. The zero-order valence-electron chi connectivity index (χ0n) is 15.5. The monoisotopic (exact) mass is 437 g/mol. The van der Waals surface area contributed by atoms with Crippen LogP contribution in [-0.2, 0) is 0 Å². The molecule has 0 bridgehead atoms. The van der Waals surface area contributed by atoms with Crippen molar-refractivity contribution in [3.63, 3.8) is 0 Å². The number of fused-ring (bicyclic) bond motifs is 1. The first-order valence-electron chi connectivity index (χ1n) is 9.32. The highest BCUT2D eigenvalue weighted by Gasteiger charge is 2.10. The van der Waals surface area contributed by atoms with E-state index in [0.29, 0.717) is 11.6 Å². The highest BCUT2D eigenvalue weighted by Crippen LogP contribution is 2.36. The van der Waals surface area contributed by atoms with E-state index in [2.05, 4.69) is 91.5 Å². The molecule has 3 nitrogen and oxygen atoms in total. The average molecular weight is 438 g/mol. The van der Waals surface area contributed by atoms with E-state index in [1.165, 1.54) is 16.3 Å². The summed E-state index contributed by atoms with van der Waals surface area (Å²) in [6, 6.07) is 31.0. The second kappa shape index (κ2) is 7.57. The van der Waals surface area contributed by atoms with Gasteiger partial charge in [-0.25, -0.2) is 15.0 Å². The molecular formula is C25H16BrN3. The maximum atomic E-state index is 4.65. The minimum Gasteiger partial charge on any atom is -0.217 e. The quantitative estimate of drug-likeness (QED) is 0.311. The third kappa shape index (κ3) is 3.43. The summed E-state index contributed by atoms with van der Waals surface area (Å²) in [4.78, 5) is 13.3. The van der Waals surface area contributed by atoms with Gasteiger partial charge in [0.15, 0.2) is 11.6 Å². The van der Waals surface area contributed by atoms with E-state index < -0.39 is 0 Å². The normalized spacial score (nSPS) is 10.9. The second-order valence-corrected chi connectivity index (χ2v) is 7.57. The lowest BCUT2D eigenvalue weighted by Crippen LogP contribution is -1.95. The summed E-state index contributed by atoms with van der Waals surface area (Å²) in [6.45, 7) is 0. The van der Waals surface area contributed by atoms with Crippen LogP contribution in [0.5, 0.6) is 0 Å². The molecule has 0 amide bonds. The molecule has 0 aliphatic heterocycles. The predicted octanol–water partition coefficient (Wildman–Crippen LogP) is 6.79. The lowest BCUT2D eigenvalue weighted by molar-refractivity contribution is 1.07. The molecule has 4 heteroatoms. The molecule has 0 aliphatic rings. The highest BCUT2D eigenvalue weighted by molar-refractivity contribution is 9.10. The number of hydrogen-bond acceptors (Lipinski definition) is 3. The molecule has 0 saturated carbocycles. The molecule has 0 unspecified atom stereocenters. The first-order chi connectivity index (χ1) is 14.3. The molecule has 1 aromatic heterocycles. The van der Waals surface area contributed by atoms with Crippen molar-refractivity contribution >= 4 is 26.7 Å². The van der Waals surface area contributed by atoms with Gasteiger partial charge in [0.25, 0.3) is 0 Å². The summed E-state index contributed by atoms with van der Waals surface area (Å²) in [7, 11) is 0. The average Bonchev–Trinajstić information content (AvgIpc) is 2.80. The van der Waals surface area contributed by atoms with Crippen molar-refractivity contribution in [2.24, 2.45) is 0 Å². The number of rotatable bonds is 3. The van der Waals surface area contributed by atoms with Crippen LogP contribution < -0.4 is 0 Å². The van der Waals surface area contributed by atoms with E-state index in [4.69, 9.17) is 0 Å². The fourth-order valence-corrected chi connectivity index (χ4v) is 4.06. The van der Waals surface area contributed by atoms with Gasteiger partial charge in [-0.1, -0.05) is 101 Å². The van der Waals surface area contributed by atoms with E-state index in [1.807, 2.05) is 30.3 Å². The van der Waals surface area contributed by atoms with Crippen molar-refractivity contribution in [2.75, 3.05) is 0 Å². The Bertz CT molecular complexity index is 1300. The number of hydrogen-bond donors (Lipinski definition) is 0. The van der Waals surface area contributed by atoms with Crippen LogP contribution in [0.25, 0.3) is 44.7 Å². The van der Waals surface area contributed by atoms with E-state index >= 15 is 0 Å². The number of halogens is 1. The summed E-state index contributed by atoms with van der Waals surface area (Å²) in [6.07, 6.45) is 1.57. The molecule has 4 aromatic carbocycles.